The standard InChI is InChI=1S/C26H35F3N4O6/c1-3-39-26(38)21(6-14-4-5-14)31-13(2)24(35)33-12-17(10-22(33)25(36)37)32-23(34)9-16(30)7-15-8-19(28)20(29)11-18(15)27/h8,11,13-14,16-17,21-22,31H,3-7,9-10,12,30H2,1-2H3,(H,32,34)(H,36,37)/t13-,16+,17-,21?,22-/m0/s1. The summed E-state index contributed by atoms with van der Waals surface area (Å²) in [5.41, 5.74) is 5.73. The summed E-state index contributed by atoms with van der Waals surface area (Å²) in [4.78, 5) is 51.2. The number of carboxylic acid groups (broad SMARTS) is 1. The molecule has 1 aliphatic heterocycles. The van der Waals surface area contributed by atoms with Crippen molar-refractivity contribution in [1.29, 1.82) is 0 Å². The average Bonchev–Trinajstić information content (AvgIpc) is 3.57. The summed E-state index contributed by atoms with van der Waals surface area (Å²) < 4.78 is 45.6. The van der Waals surface area contributed by atoms with Crippen LogP contribution < -0.4 is 16.4 Å². The van der Waals surface area contributed by atoms with Crippen molar-refractivity contribution in [3.63, 3.8) is 0 Å². The summed E-state index contributed by atoms with van der Waals surface area (Å²) in [7, 11) is 0. The minimum atomic E-state index is -1.33. The molecular formula is C26H35F3N4O6. The highest BCUT2D eigenvalue weighted by molar-refractivity contribution is 5.88. The van der Waals surface area contributed by atoms with Gasteiger partial charge in [0.25, 0.3) is 0 Å². The highest BCUT2D eigenvalue weighted by Gasteiger charge is 2.42. The number of benzene rings is 1. The zero-order valence-electron chi connectivity index (χ0n) is 21.9. The minimum absolute atomic E-state index is 0.0457. The molecule has 3 rings (SSSR count). The lowest BCUT2D eigenvalue weighted by atomic mass is 10.0. The van der Waals surface area contributed by atoms with Crippen LogP contribution in [0, 0.1) is 23.4 Å². The molecule has 39 heavy (non-hydrogen) atoms. The van der Waals surface area contributed by atoms with E-state index < -0.39 is 71.4 Å². The third-order valence-corrected chi connectivity index (χ3v) is 6.91. The summed E-state index contributed by atoms with van der Waals surface area (Å²) >= 11 is 0. The van der Waals surface area contributed by atoms with Crippen molar-refractivity contribution in [3.05, 3.63) is 35.1 Å². The minimum Gasteiger partial charge on any atom is -0.480 e. The van der Waals surface area contributed by atoms with Gasteiger partial charge in [-0.25, -0.2) is 18.0 Å². The fraction of sp³-hybridized carbons (Fsp3) is 0.615. The molecule has 1 aromatic rings. The number of hydrogen-bond acceptors (Lipinski definition) is 7. The van der Waals surface area contributed by atoms with Crippen LogP contribution in [-0.4, -0.2) is 77.1 Å². The van der Waals surface area contributed by atoms with E-state index in [2.05, 4.69) is 10.6 Å². The van der Waals surface area contributed by atoms with Crippen LogP contribution in [0.5, 0.6) is 0 Å². The zero-order chi connectivity index (χ0) is 28.9. The van der Waals surface area contributed by atoms with E-state index in [1.807, 2.05) is 0 Å². The molecule has 0 aromatic heterocycles. The number of hydrogen-bond donors (Lipinski definition) is 4. The van der Waals surface area contributed by atoms with E-state index in [0.29, 0.717) is 24.5 Å². The number of amides is 2. The molecule has 5 atom stereocenters. The lowest BCUT2D eigenvalue weighted by molar-refractivity contribution is -0.150. The van der Waals surface area contributed by atoms with Gasteiger partial charge in [-0.05, 0) is 44.2 Å². The van der Waals surface area contributed by atoms with Gasteiger partial charge in [0.2, 0.25) is 11.8 Å². The number of ether oxygens (including phenoxy) is 1. The van der Waals surface area contributed by atoms with Crippen LogP contribution in [0.4, 0.5) is 13.2 Å². The predicted molar refractivity (Wildman–Crippen MR) is 133 cm³/mol. The molecule has 1 heterocycles. The van der Waals surface area contributed by atoms with E-state index in [1.165, 1.54) is 0 Å². The van der Waals surface area contributed by atoms with Crippen molar-refractivity contribution in [3.8, 4) is 0 Å². The molecule has 2 fully saturated rings. The third-order valence-electron chi connectivity index (χ3n) is 6.91. The smallest absolute Gasteiger partial charge is 0.326 e. The van der Waals surface area contributed by atoms with Crippen LogP contribution in [0.25, 0.3) is 0 Å². The van der Waals surface area contributed by atoms with Crippen molar-refractivity contribution in [2.45, 2.75) is 82.6 Å². The maximum atomic E-state index is 13.9. The largest absolute Gasteiger partial charge is 0.480 e. The number of carbonyl (C=O) groups excluding carboxylic acids is 3. The molecule has 1 aliphatic carbocycles. The fourth-order valence-corrected chi connectivity index (χ4v) is 4.80. The van der Waals surface area contributed by atoms with Crippen LogP contribution >= 0.6 is 0 Å². The first-order valence-corrected chi connectivity index (χ1v) is 13.0. The van der Waals surface area contributed by atoms with E-state index in [-0.39, 0.29) is 38.0 Å². The Hall–Kier alpha value is -3.19. The highest BCUT2D eigenvalue weighted by Crippen LogP contribution is 2.34. The van der Waals surface area contributed by atoms with Crippen LogP contribution in [-0.2, 0) is 30.3 Å². The summed E-state index contributed by atoms with van der Waals surface area (Å²) in [6, 6.07) is -3.28. The van der Waals surface area contributed by atoms with E-state index in [4.69, 9.17) is 10.5 Å². The Morgan fingerprint density at radius 2 is 1.82 bits per heavy atom. The van der Waals surface area contributed by atoms with Crippen LogP contribution in [0.2, 0.25) is 0 Å². The Balaban J connectivity index is 1.57. The zero-order valence-corrected chi connectivity index (χ0v) is 21.9. The molecule has 10 nitrogen and oxygen atoms in total. The number of nitrogens with one attached hydrogen (secondary N) is 2. The van der Waals surface area contributed by atoms with E-state index >= 15 is 0 Å². The van der Waals surface area contributed by atoms with Gasteiger partial charge in [0.1, 0.15) is 17.9 Å². The average molecular weight is 557 g/mol. The Kier molecular flexibility index (Phi) is 10.3. The van der Waals surface area contributed by atoms with E-state index in [9.17, 15) is 37.5 Å². The van der Waals surface area contributed by atoms with Crippen molar-refractivity contribution in [2.24, 2.45) is 11.7 Å². The molecule has 0 radical (unpaired) electrons. The topological polar surface area (TPSA) is 151 Å². The second-order valence-electron chi connectivity index (χ2n) is 10.2. The molecular weight excluding hydrogens is 521 g/mol. The number of nitrogens with zero attached hydrogens (tertiary/aromatic N) is 1. The molecule has 1 saturated heterocycles. The summed E-state index contributed by atoms with van der Waals surface area (Å²) in [6.07, 6.45) is 1.94. The van der Waals surface area contributed by atoms with Gasteiger partial charge in [0, 0.05) is 37.5 Å². The molecule has 2 amide bonds. The van der Waals surface area contributed by atoms with Gasteiger partial charge in [-0.15, -0.1) is 0 Å². The highest BCUT2D eigenvalue weighted by atomic mass is 19.2. The van der Waals surface area contributed by atoms with Gasteiger partial charge in [0.15, 0.2) is 11.6 Å². The molecule has 0 spiro atoms. The van der Waals surface area contributed by atoms with Gasteiger partial charge in [-0.3, -0.25) is 19.7 Å². The van der Waals surface area contributed by atoms with Crippen molar-refractivity contribution >= 4 is 23.8 Å². The number of likely N-dealkylation sites (tertiary alicyclic amines) is 1. The predicted octanol–water partition coefficient (Wildman–Crippen LogP) is 1.24. The summed E-state index contributed by atoms with van der Waals surface area (Å²) in [6.45, 7) is 3.35. The van der Waals surface area contributed by atoms with Crippen molar-refractivity contribution < 1.29 is 42.2 Å². The summed E-state index contributed by atoms with van der Waals surface area (Å²) in [5.74, 6) is -5.98. The molecule has 1 unspecified atom stereocenters. The molecule has 2 aliphatic rings. The lowest BCUT2D eigenvalue weighted by Crippen LogP contribution is -2.53. The number of esters is 1. The normalized spacial score (nSPS) is 21.2. The van der Waals surface area contributed by atoms with Crippen LogP contribution in [0.3, 0.4) is 0 Å². The van der Waals surface area contributed by atoms with E-state index in [1.54, 1.807) is 13.8 Å². The van der Waals surface area contributed by atoms with Crippen LogP contribution in [0.15, 0.2) is 12.1 Å². The van der Waals surface area contributed by atoms with Gasteiger partial charge >= 0.3 is 11.9 Å². The second-order valence-corrected chi connectivity index (χ2v) is 10.2. The quantitative estimate of drug-likeness (QED) is 0.209. The third kappa shape index (κ3) is 8.40. The van der Waals surface area contributed by atoms with Crippen molar-refractivity contribution in [2.75, 3.05) is 13.2 Å². The molecule has 0 bridgehead atoms. The second kappa shape index (κ2) is 13.2. The molecule has 5 N–H and O–H groups in total. The van der Waals surface area contributed by atoms with Gasteiger partial charge in [0.05, 0.1) is 12.6 Å². The molecule has 1 saturated carbocycles. The number of carboxylic acids is 1. The molecule has 1 aromatic carbocycles. The SMILES string of the molecule is CCOC(=O)C(CC1CC1)N[C@@H](C)C(=O)N1C[C@@H](NC(=O)C[C@H](N)Cc2cc(F)c(F)cc2F)C[C@H]1C(=O)O. The number of nitrogens with two attached hydrogens (primary N) is 1. The van der Waals surface area contributed by atoms with Gasteiger partial charge in [-0.1, -0.05) is 12.8 Å². The Labute approximate surface area is 224 Å². The number of rotatable bonds is 13. The Morgan fingerprint density at radius 3 is 2.44 bits per heavy atom. The molecule has 13 heteroatoms. The Morgan fingerprint density at radius 1 is 1.15 bits per heavy atom. The number of carbonyl (C=O) groups is 4. The first-order valence-electron chi connectivity index (χ1n) is 13.0. The summed E-state index contributed by atoms with van der Waals surface area (Å²) in [5, 5.41) is 15.3. The van der Waals surface area contributed by atoms with Gasteiger partial charge < -0.3 is 25.8 Å². The lowest BCUT2D eigenvalue weighted by Gasteiger charge is -2.28. The first kappa shape index (κ1) is 30.4. The fourth-order valence-electron chi connectivity index (χ4n) is 4.80. The maximum Gasteiger partial charge on any atom is 0.326 e. The maximum absolute atomic E-state index is 13.9. The van der Waals surface area contributed by atoms with Crippen molar-refractivity contribution in [1.82, 2.24) is 15.5 Å². The Bertz CT molecular complexity index is 1090. The monoisotopic (exact) mass is 556 g/mol. The first-order chi connectivity index (χ1) is 18.4. The van der Waals surface area contributed by atoms with Crippen LogP contribution in [0.1, 0.15) is 51.5 Å². The number of halogens is 3. The van der Waals surface area contributed by atoms with Gasteiger partial charge in [-0.2, -0.15) is 0 Å². The number of aliphatic carboxylic acids is 1. The van der Waals surface area contributed by atoms with E-state index in [0.717, 1.165) is 17.7 Å². The molecule has 216 valence electrons.